The van der Waals surface area contributed by atoms with Gasteiger partial charge in [0.25, 0.3) is 0 Å². The summed E-state index contributed by atoms with van der Waals surface area (Å²) in [5.41, 5.74) is 5.16. The van der Waals surface area contributed by atoms with Gasteiger partial charge in [0.05, 0.1) is 6.61 Å². The molecule has 0 amide bonds. The van der Waals surface area contributed by atoms with E-state index in [1.165, 1.54) is 0 Å². The molecule has 0 aromatic carbocycles. The van der Waals surface area contributed by atoms with E-state index in [0.717, 1.165) is 6.42 Å². The Balaban J connectivity index is 2.77. The molecule has 0 saturated heterocycles. The molecule has 5 heteroatoms. The normalized spacial score (nSPS) is 10.8. The summed E-state index contributed by atoms with van der Waals surface area (Å²) < 4.78 is 5.01. The van der Waals surface area contributed by atoms with Gasteiger partial charge in [0.2, 0.25) is 0 Å². The van der Waals surface area contributed by atoms with Crippen LogP contribution in [-0.2, 0) is 4.74 Å². The van der Waals surface area contributed by atoms with Gasteiger partial charge in [0, 0.05) is 13.2 Å². The third kappa shape index (κ3) is 8.06. The van der Waals surface area contributed by atoms with E-state index in [0.29, 0.717) is 25.8 Å². The average Bonchev–Trinajstić information content (AvgIpc) is 1.87. The fourth-order valence-electron chi connectivity index (χ4n) is 0.553. The standard InChI is InChI=1S/C5H15NO3Si/c6-2-4-9-3-1-5-10(7)8/h7-8,10H,1-6H2. The van der Waals surface area contributed by atoms with Crippen LogP contribution in [0.15, 0.2) is 0 Å². The van der Waals surface area contributed by atoms with Crippen LogP contribution in [0.5, 0.6) is 0 Å². The molecule has 0 heterocycles. The molecule has 62 valence electrons. The lowest BCUT2D eigenvalue weighted by atomic mass is 10.5. The second-order valence-corrected chi connectivity index (χ2v) is 3.56. The van der Waals surface area contributed by atoms with E-state index in [4.69, 9.17) is 20.1 Å². The zero-order valence-electron chi connectivity index (χ0n) is 5.99. The SMILES string of the molecule is NCCOCCC[SiH](O)O. The van der Waals surface area contributed by atoms with E-state index in [2.05, 4.69) is 0 Å². The van der Waals surface area contributed by atoms with Gasteiger partial charge in [-0.15, -0.1) is 0 Å². The summed E-state index contributed by atoms with van der Waals surface area (Å²) in [6.07, 6.45) is 0.726. The molecule has 4 N–H and O–H groups in total. The predicted octanol–water partition coefficient (Wildman–Crippen LogP) is -1.44. The third-order valence-electron chi connectivity index (χ3n) is 1.01. The van der Waals surface area contributed by atoms with Crippen molar-refractivity contribution in [2.75, 3.05) is 19.8 Å². The summed E-state index contributed by atoms with van der Waals surface area (Å²) in [5, 5.41) is 0. The second-order valence-electron chi connectivity index (χ2n) is 2.02. The predicted molar refractivity (Wildman–Crippen MR) is 40.9 cm³/mol. The van der Waals surface area contributed by atoms with Gasteiger partial charge >= 0.3 is 9.28 Å². The molecule has 0 spiro atoms. The summed E-state index contributed by atoms with van der Waals surface area (Å²) in [7, 11) is -2.33. The van der Waals surface area contributed by atoms with E-state index >= 15 is 0 Å². The minimum Gasteiger partial charge on any atom is -0.413 e. The summed E-state index contributed by atoms with van der Waals surface area (Å²) in [6, 6.07) is 0.505. The van der Waals surface area contributed by atoms with Gasteiger partial charge in [-0.3, -0.25) is 0 Å². The van der Waals surface area contributed by atoms with Crippen molar-refractivity contribution < 1.29 is 14.3 Å². The van der Waals surface area contributed by atoms with E-state index in [1.54, 1.807) is 0 Å². The molecule has 10 heavy (non-hydrogen) atoms. The first-order chi connectivity index (χ1) is 4.77. The summed E-state index contributed by atoms with van der Waals surface area (Å²) >= 11 is 0. The molecule has 0 aliphatic rings. The lowest BCUT2D eigenvalue weighted by Gasteiger charge is -2.01. The van der Waals surface area contributed by atoms with E-state index in [-0.39, 0.29) is 0 Å². The highest BCUT2D eigenvalue weighted by molar-refractivity contribution is 6.40. The van der Waals surface area contributed by atoms with Crippen LogP contribution in [0, 0.1) is 0 Å². The first-order valence-electron chi connectivity index (χ1n) is 3.41. The molecule has 0 fully saturated rings. The summed E-state index contributed by atoms with van der Waals surface area (Å²) in [5.74, 6) is 0. The van der Waals surface area contributed by atoms with E-state index in [1.807, 2.05) is 0 Å². The monoisotopic (exact) mass is 165 g/mol. The molecular formula is C5H15NO3Si. The van der Waals surface area contributed by atoms with Crippen molar-refractivity contribution in [3.8, 4) is 0 Å². The van der Waals surface area contributed by atoms with Gasteiger partial charge in [-0.05, 0) is 12.5 Å². The molecule has 0 atom stereocenters. The van der Waals surface area contributed by atoms with Crippen molar-refractivity contribution in [1.29, 1.82) is 0 Å². The van der Waals surface area contributed by atoms with Crippen molar-refractivity contribution in [3.05, 3.63) is 0 Å². The molecule has 0 rings (SSSR count). The molecule has 0 aliphatic carbocycles. The Kier molecular flexibility index (Phi) is 7.21. The molecule has 0 radical (unpaired) electrons. The smallest absolute Gasteiger partial charge is 0.316 e. The number of hydrogen-bond acceptors (Lipinski definition) is 4. The Morgan fingerprint density at radius 3 is 2.50 bits per heavy atom. The summed E-state index contributed by atoms with van der Waals surface area (Å²) in [6.45, 7) is 1.67. The number of rotatable bonds is 6. The molecule has 0 bridgehead atoms. The van der Waals surface area contributed by atoms with Gasteiger partial charge in [-0.1, -0.05) is 0 Å². The minimum atomic E-state index is -2.33. The first-order valence-corrected chi connectivity index (χ1v) is 5.26. The quantitative estimate of drug-likeness (QED) is 0.333. The van der Waals surface area contributed by atoms with Gasteiger partial charge in [0.1, 0.15) is 0 Å². The van der Waals surface area contributed by atoms with Crippen LogP contribution in [0.1, 0.15) is 6.42 Å². The van der Waals surface area contributed by atoms with Gasteiger partial charge in [-0.25, -0.2) is 0 Å². The first kappa shape index (κ1) is 10.1. The Hall–Kier alpha value is 0.0569. The number of nitrogens with two attached hydrogens (primary N) is 1. The fourth-order valence-corrected chi connectivity index (χ4v) is 1.09. The maximum Gasteiger partial charge on any atom is 0.316 e. The third-order valence-corrected chi connectivity index (χ3v) is 1.94. The van der Waals surface area contributed by atoms with Crippen molar-refractivity contribution in [3.63, 3.8) is 0 Å². The van der Waals surface area contributed by atoms with Crippen LogP contribution in [0.4, 0.5) is 0 Å². The Morgan fingerprint density at radius 1 is 1.30 bits per heavy atom. The zero-order chi connectivity index (χ0) is 7.82. The van der Waals surface area contributed by atoms with E-state index < -0.39 is 9.28 Å². The maximum atomic E-state index is 8.52. The van der Waals surface area contributed by atoms with Crippen LogP contribution in [-0.4, -0.2) is 38.6 Å². The van der Waals surface area contributed by atoms with Gasteiger partial charge in [-0.2, -0.15) is 0 Å². The molecular weight excluding hydrogens is 150 g/mol. The molecule has 0 saturated carbocycles. The average molecular weight is 165 g/mol. The van der Waals surface area contributed by atoms with Gasteiger partial charge in [0.15, 0.2) is 0 Å². The molecule has 0 aromatic heterocycles. The molecule has 0 unspecified atom stereocenters. The molecule has 0 aliphatic heterocycles. The highest BCUT2D eigenvalue weighted by Crippen LogP contribution is 1.91. The van der Waals surface area contributed by atoms with Crippen molar-refractivity contribution in [2.24, 2.45) is 5.73 Å². The maximum absolute atomic E-state index is 8.52. The van der Waals surface area contributed by atoms with Crippen LogP contribution < -0.4 is 5.73 Å². The summed E-state index contributed by atoms with van der Waals surface area (Å²) in [4.78, 5) is 17.0. The lowest BCUT2D eigenvalue weighted by molar-refractivity contribution is 0.141. The van der Waals surface area contributed by atoms with Crippen molar-refractivity contribution >= 4 is 9.28 Å². The molecule has 4 nitrogen and oxygen atoms in total. The largest absolute Gasteiger partial charge is 0.413 e. The minimum absolute atomic E-state index is 0.505. The zero-order valence-corrected chi connectivity index (χ0v) is 7.15. The van der Waals surface area contributed by atoms with Crippen LogP contribution in [0.2, 0.25) is 6.04 Å². The van der Waals surface area contributed by atoms with Crippen molar-refractivity contribution in [1.82, 2.24) is 0 Å². The highest BCUT2D eigenvalue weighted by Gasteiger charge is 1.99. The van der Waals surface area contributed by atoms with Gasteiger partial charge < -0.3 is 20.1 Å². The van der Waals surface area contributed by atoms with Crippen LogP contribution >= 0.6 is 0 Å². The van der Waals surface area contributed by atoms with Crippen LogP contribution in [0.25, 0.3) is 0 Å². The Morgan fingerprint density at radius 2 is 2.00 bits per heavy atom. The number of hydrogen-bond donors (Lipinski definition) is 3. The van der Waals surface area contributed by atoms with E-state index in [9.17, 15) is 0 Å². The second kappa shape index (κ2) is 7.17. The number of ether oxygens (including phenoxy) is 1. The Bertz CT molecular complexity index is 71.9. The van der Waals surface area contributed by atoms with Crippen LogP contribution in [0.3, 0.4) is 0 Å². The fraction of sp³-hybridized carbons (Fsp3) is 1.00. The van der Waals surface area contributed by atoms with Crippen molar-refractivity contribution in [2.45, 2.75) is 12.5 Å². The topological polar surface area (TPSA) is 75.7 Å². The Labute approximate surface area is 62.5 Å². The lowest BCUT2D eigenvalue weighted by Crippen LogP contribution is -2.13. The molecule has 0 aromatic rings. The highest BCUT2D eigenvalue weighted by atomic mass is 28.3.